The molecule has 1 amide bonds. The largest absolute Gasteiger partial charge is 0.497 e. The number of benzene rings is 2. The van der Waals surface area contributed by atoms with Gasteiger partial charge in [-0.3, -0.25) is 4.79 Å². The number of ether oxygens (including phenoxy) is 2. The minimum absolute atomic E-state index is 0.0698. The van der Waals surface area contributed by atoms with Gasteiger partial charge in [-0.2, -0.15) is 0 Å². The molecule has 1 N–H and O–H groups in total. The number of rotatable bonds is 6. The zero-order valence-corrected chi connectivity index (χ0v) is 14.0. The molecule has 0 fully saturated rings. The number of hydrogen-bond donors (Lipinski definition) is 1. The van der Waals surface area contributed by atoms with Gasteiger partial charge in [0.25, 0.3) is 5.91 Å². The van der Waals surface area contributed by atoms with Crippen molar-refractivity contribution in [3.05, 3.63) is 59.7 Å². The fourth-order valence-corrected chi connectivity index (χ4v) is 2.51. The summed E-state index contributed by atoms with van der Waals surface area (Å²) in [5.41, 5.74) is 1.55. The molecule has 0 aromatic heterocycles. The summed E-state index contributed by atoms with van der Waals surface area (Å²) in [5.74, 6) is 1.23. The van der Waals surface area contributed by atoms with Crippen LogP contribution in [-0.4, -0.2) is 20.1 Å². The Hall–Kier alpha value is -2.49. The summed E-state index contributed by atoms with van der Waals surface area (Å²) in [5, 5.41) is 3.10. The lowest BCUT2D eigenvalue weighted by molar-refractivity contribution is 0.0922. The van der Waals surface area contributed by atoms with Crippen molar-refractivity contribution in [1.82, 2.24) is 5.32 Å². The Morgan fingerprint density at radius 1 is 1.00 bits per heavy atom. The molecule has 2 rings (SSSR count). The number of hydrogen-bond acceptors (Lipinski definition) is 3. The van der Waals surface area contributed by atoms with Crippen LogP contribution in [0, 0.1) is 5.92 Å². The smallest absolute Gasteiger partial charge is 0.255 e. The van der Waals surface area contributed by atoms with Crippen LogP contribution < -0.4 is 14.8 Å². The highest BCUT2D eigenvalue weighted by atomic mass is 16.5. The van der Waals surface area contributed by atoms with Crippen LogP contribution >= 0.6 is 0 Å². The average molecular weight is 313 g/mol. The molecular formula is C19H23NO3. The van der Waals surface area contributed by atoms with Crippen molar-refractivity contribution in [2.45, 2.75) is 19.9 Å². The molecule has 0 saturated heterocycles. The third-order valence-corrected chi connectivity index (χ3v) is 3.76. The van der Waals surface area contributed by atoms with Gasteiger partial charge in [0, 0.05) is 0 Å². The van der Waals surface area contributed by atoms with Gasteiger partial charge in [-0.1, -0.05) is 44.2 Å². The molecule has 4 nitrogen and oxygen atoms in total. The van der Waals surface area contributed by atoms with Crippen LogP contribution in [0.15, 0.2) is 48.5 Å². The lowest BCUT2D eigenvalue weighted by atomic mass is 9.95. The monoisotopic (exact) mass is 313 g/mol. The molecule has 4 heteroatoms. The zero-order valence-electron chi connectivity index (χ0n) is 14.0. The fourth-order valence-electron chi connectivity index (χ4n) is 2.51. The number of carbonyl (C=O) groups excluding carboxylic acids is 1. The minimum atomic E-state index is -0.177. The van der Waals surface area contributed by atoms with Gasteiger partial charge in [-0.15, -0.1) is 0 Å². The first-order valence-electron chi connectivity index (χ1n) is 7.64. The maximum atomic E-state index is 12.7. The molecule has 2 aromatic rings. The van der Waals surface area contributed by atoms with E-state index in [1.54, 1.807) is 32.4 Å². The lowest BCUT2D eigenvalue weighted by Crippen LogP contribution is -2.32. The highest BCUT2D eigenvalue weighted by Gasteiger charge is 2.21. The molecule has 0 spiro atoms. The van der Waals surface area contributed by atoms with Crippen LogP contribution in [-0.2, 0) is 0 Å². The molecule has 23 heavy (non-hydrogen) atoms. The molecule has 0 bridgehead atoms. The fraction of sp³-hybridized carbons (Fsp3) is 0.316. The second-order valence-electron chi connectivity index (χ2n) is 5.67. The molecule has 122 valence electrons. The Morgan fingerprint density at radius 2 is 1.70 bits per heavy atom. The van der Waals surface area contributed by atoms with E-state index in [4.69, 9.17) is 9.47 Å². The summed E-state index contributed by atoms with van der Waals surface area (Å²) in [4.78, 5) is 12.7. The summed E-state index contributed by atoms with van der Waals surface area (Å²) < 4.78 is 10.5. The predicted octanol–water partition coefficient (Wildman–Crippen LogP) is 3.83. The Labute approximate surface area is 137 Å². The first-order chi connectivity index (χ1) is 11.1. The summed E-state index contributed by atoms with van der Waals surface area (Å²) in [6, 6.07) is 15.1. The van der Waals surface area contributed by atoms with Crippen LogP contribution in [0.5, 0.6) is 11.5 Å². The van der Waals surface area contributed by atoms with E-state index in [1.807, 2.05) is 30.3 Å². The van der Waals surface area contributed by atoms with Gasteiger partial charge < -0.3 is 14.8 Å². The first-order valence-corrected chi connectivity index (χ1v) is 7.64. The maximum absolute atomic E-state index is 12.7. The van der Waals surface area contributed by atoms with Gasteiger partial charge in [0.15, 0.2) is 0 Å². The first kappa shape index (κ1) is 16.9. The van der Waals surface area contributed by atoms with Crippen molar-refractivity contribution < 1.29 is 14.3 Å². The van der Waals surface area contributed by atoms with Crippen LogP contribution in [0.4, 0.5) is 0 Å². The van der Waals surface area contributed by atoms with Crippen LogP contribution in [0.3, 0.4) is 0 Å². The standard InChI is InChI=1S/C19H23NO3/c1-13(2)18(14-8-6-5-7-9-14)20-19(21)16-12-15(22-3)10-11-17(16)23-4/h5-13,18H,1-4H3,(H,20,21). The van der Waals surface area contributed by atoms with E-state index in [0.29, 0.717) is 17.1 Å². The highest BCUT2D eigenvalue weighted by Crippen LogP contribution is 2.26. The third-order valence-electron chi connectivity index (χ3n) is 3.76. The molecule has 0 aliphatic heterocycles. The van der Waals surface area contributed by atoms with E-state index in [1.165, 1.54) is 0 Å². The molecular weight excluding hydrogens is 290 g/mol. The van der Waals surface area contributed by atoms with E-state index in [0.717, 1.165) is 5.56 Å². The number of carbonyl (C=O) groups is 1. The Bertz CT molecular complexity index is 653. The van der Waals surface area contributed by atoms with Crippen LogP contribution in [0.25, 0.3) is 0 Å². The summed E-state index contributed by atoms with van der Waals surface area (Å²) in [6.07, 6.45) is 0. The Balaban J connectivity index is 2.29. The molecule has 0 heterocycles. The Kier molecular flexibility index (Phi) is 5.63. The van der Waals surface area contributed by atoms with E-state index in [2.05, 4.69) is 19.2 Å². The second kappa shape index (κ2) is 7.68. The third kappa shape index (κ3) is 4.03. The summed E-state index contributed by atoms with van der Waals surface area (Å²) >= 11 is 0. The molecule has 0 radical (unpaired) electrons. The normalized spacial score (nSPS) is 11.9. The number of nitrogens with one attached hydrogen (secondary N) is 1. The highest BCUT2D eigenvalue weighted by molar-refractivity contribution is 5.97. The van der Waals surface area contributed by atoms with Crippen LogP contribution in [0.1, 0.15) is 35.8 Å². The van der Waals surface area contributed by atoms with Crippen LogP contribution in [0.2, 0.25) is 0 Å². The van der Waals surface area contributed by atoms with Gasteiger partial charge in [-0.05, 0) is 29.7 Å². The second-order valence-corrected chi connectivity index (χ2v) is 5.67. The van der Waals surface area contributed by atoms with E-state index < -0.39 is 0 Å². The van der Waals surface area contributed by atoms with Gasteiger partial charge in [0.1, 0.15) is 11.5 Å². The quantitative estimate of drug-likeness (QED) is 0.881. The van der Waals surface area contributed by atoms with Gasteiger partial charge in [0.05, 0.1) is 25.8 Å². The van der Waals surface area contributed by atoms with Crippen molar-refractivity contribution in [2.24, 2.45) is 5.92 Å². The maximum Gasteiger partial charge on any atom is 0.255 e. The van der Waals surface area contributed by atoms with Gasteiger partial charge in [0.2, 0.25) is 0 Å². The molecule has 2 aromatic carbocycles. The van der Waals surface area contributed by atoms with Gasteiger partial charge >= 0.3 is 0 Å². The van der Waals surface area contributed by atoms with Crippen molar-refractivity contribution in [1.29, 1.82) is 0 Å². The summed E-state index contributed by atoms with van der Waals surface area (Å²) in [6.45, 7) is 4.17. The molecule has 0 aliphatic rings. The van der Waals surface area contributed by atoms with Crippen molar-refractivity contribution in [3.8, 4) is 11.5 Å². The van der Waals surface area contributed by atoms with E-state index in [-0.39, 0.29) is 17.9 Å². The lowest BCUT2D eigenvalue weighted by Gasteiger charge is -2.23. The van der Waals surface area contributed by atoms with E-state index in [9.17, 15) is 4.79 Å². The zero-order chi connectivity index (χ0) is 16.8. The van der Waals surface area contributed by atoms with E-state index >= 15 is 0 Å². The minimum Gasteiger partial charge on any atom is -0.497 e. The topological polar surface area (TPSA) is 47.6 Å². The van der Waals surface area contributed by atoms with Crippen molar-refractivity contribution in [2.75, 3.05) is 14.2 Å². The average Bonchev–Trinajstić information content (AvgIpc) is 2.59. The molecule has 0 aliphatic carbocycles. The molecule has 1 unspecified atom stereocenters. The molecule has 1 atom stereocenters. The van der Waals surface area contributed by atoms with Crippen molar-refractivity contribution in [3.63, 3.8) is 0 Å². The SMILES string of the molecule is COc1ccc(OC)c(C(=O)NC(c2ccccc2)C(C)C)c1. The molecule has 0 saturated carbocycles. The number of amides is 1. The Morgan fingerprint density at radius 3 is 2.26 bits per heavy atom. The summed E-state index contributed by atoms with van der Waals surface area (Å²) in [7, 11) is 3.13. The number of methoxy groups -OCH3 is 2. The van der Waals surface area contributed by atoms with Crippen molar-refractivity contribution >= 4 is 5.91 Å². The van der Waals surface area contributed by atoms with Gasteiger partial charge in [-0.25, -0.2) is 0 Å². The predicted molar refractivity (Wildman–Crippen MR) is 91.0 cm³/mol.